The summed E-state index contributed by atoms with van der Waals surface area (Å²) >= 11 is 0. The van der Waals surface area contributed by atoms with Crippen molar-refractivity contribution in [2.75, 3.05) is 9.80 Å². The second-order valence-electron chi connectivity index (χ2n) is 22.2. The van der Waals surface area contributed by atoms with Gasteiger partial charge in [0.15, 0.2) is 8.07 Å². The molecule has 0 saturated heterocycles. The fourth-order valence-corrected chi connectivity index (χ4v) is 15.5. The fourth-order valence-electron chi connectivity index (χ4n) is 10.5. The van der Waals surface area contributed by atoms with Gasteiger partial charge in [-0.1, -0.05) is 189 Å². The van der Waals surface area contributed by atoms with E-state index in [1.807, 2.05) is 18.3 Å². The molecule has 5 nitrogen and oxygen atoms in total. The number of anilines is 4. The molecular weight excluding hydrogens is 1090 g/mol. The second-order valence-corrected chi connectivity index (χ2v) is 26.0. The maximum atomic E-state index is 6.87. The Morgan fingerprint density at radius 3 is 1.60 bits per heavy atom. The molecule has 0 atom stereocenters. The number of pyridine rings is 1. The molecule has 0 fully saturated rings. The summed E-state index contributed by atoms with van der Waals surface area (Å²) in [5.74, 6) is 2.02. The van der Waals surface area contributed by atoms with Gasteiger partial charge in [0.1, 0.15) is 5.82 Å². The van der Waals surface area contributed by atoms with Gasteiger partial charge in [0, 0.05) is 61.3 Å². The molecule has 0 amide bonds. The van der Waals surface area contributed by atoms with Crippen LogP contribution < -0.4 is 35.3 Å². The van der Waals surface area contributed by atoms with E-state index in [0.29, 0.717) is 11.5 Å². The van der Waals surface area contributed by atoms with Gasteiger partial charge >= 0.3 is 0 Å². The number of para-hydroxylation sites is 2. The quantitative estimate of drug-likeness (QED) is 0.0819. The topological polar surface area (TPSA) is 33.5 Å². The van der Waals surface area contributed by atoms with Crippen LogP contribution in [0.1, 0.15) is 79.0 Å². The number of fused-ring (bicyclic) bond motifs is 4. The SMILES string of the molecule is CC(C)(C)c1cc(N2[CH-]N(c3[c-]c(Oc4[c-]c5c(cc4)c4c([Si](c6ccccc6)(c6ccccc6)c6ccccc6)cccc4n5-c4cc(C(C)(C)C)ccn4)ccc3)c3ccccc32)cc(C(C)(C)C)c1.[Pt]. The summed E-state index contributed by atoms with van der Waals surface area (Å²) in [6, 6.07) is 78.1. The van der Waals surface area contributed by atoms with Gasteiger partial charge in [-0.3, -0.25) is 0 Å². The molecule has 10 aromatic rings. The van der Waals surface area contributed by atoms with E-state index in [0.717, 1.165) is 45.0 Å². The molecule has 1 aliphatic heterocycles. The molecule has 0 spiro atoms. The normalized spacial score (nSPS) is 13.1. The van der Waals surface area contributed by atoms with Crippen molar-refractivity contribution in [2.24, 2.45) is 0 Å². The zero-order valence-corrected chi connectivity index (χ0v) is 46.4. The Morgan fingerprint density at radius 1 is 0.493 bits per heavy atom. The number of aromatic nitrogens is 2. The van der Waals surface area contributed by atoms with E-state index in [-0.39, 0.29) is 37.3 Å². The second kappa shape index (κ2) is 19.1. The van der Waals surface area contributed by atoms with Crippen molar-refractivity contribution in [3.8, 4) is 17.3 Å². The number of nitrogens with zero attached hydrogens (tertiary/aromatic N) is 4. The van der Waals surface area contributed by atoms with Crippen LogP contribution in [0.3, 0.4) is 0 Å². The van der Waals surface area contributed by atoms with E-state index >= 15 is 0 Å². The van der Waals surface area contributed by atoms with Crippen molar-refractivity contribution in [3.63, 3.8) is 0 Å². The van der Waals surface area contributed by atoms with Crippen LogP contribution in [0.4, 0.5) is 22.7 Å². The molecule has 0 saturated carbocycles. The Balaban J connectivity index is 0.00000611. The standard InChI is InChI=1S/C66H61N4OSi.Pt/c1-64(2,3)46-37-38-67-62(42-46)70-59-33-22-34-61(72(53-25-13-10-14-26-53,54-27-15-11-16-28-54)55-29-17-12-18-30-55)63(59)56-36-35-52(44-60(56)70)71-51-24-21-23-49(43-51)68-45-69(58-32-20-19-31-57(58)68)50-40-47(65(4,5)6)39-48(41-50)66(7,8)9;/h10-42,45H,1-9H3;/q-3;. The van der Waals surface area contributed by atoms with Crippen molar-refractivity contribution >= 4 is 73.4 Å². The van der Waals surface area contributed by atoms with Gasteiger partial charge in [-0.15, -0.1) is 48.1 Å². The molecule has 0 aliphatic carbocycles. The molecule has 73 heavy (non-hydrogen) atoms. The average Bonchev–Trinajstić information content (AvgIpc) is 3.93. The van der Waals surface area contributed by atoms with Gasteiger partial charge in [0.2, 0.25) is 0 Å². The molecule has 7 heteroatoms. The summed E-state index contributed by atoms with van der Waals surface area (Å²) in [4.78, 5) is 9.63. The first-order valence-electron chi connectivity index (χ1n) is 25.1. The number of ether oxygens (including phenoxy) is 1. The fraction of sp³-hybridized carbons (Fsp3) is 0.182. The minimum Gasteiger partial charge on any atom is -0.509 e. The van der Waals surface area contributed by atoms with E-state index in [1.54, 1.807) is 0 Å². The minimum absolute atomic E-state index is 0. The van der Waals surface area contributed by atoms with Crippen LogP contribution in [0, 0.1) is 18.8 Å². The number of hydrogen-bond donors (Lipinski definition) is 0. The summed E-state index contributed by atoms with van der Waals surface area (Å²) in [5.41, 5.74) is 9.84. The molecular formula is C66H61N4OPtSi-3. The Labute approximate surface area is 447 Å². The van der Waals surface area contributed by atoms with Crippen molar-refractivity contribution in [1.29, 1.82) is 0 Å². The first-order valence-corrected chi connectivity index (χ1v) is 27.1. The third kappa shape index (κ3) is 9.04. The predicted molar refractivity (Wildman–Crippen MR) is 304 cm³/mol. The summed E-state index contributed by atoms with van der Waals surface area (Å²) in [5, 5.41) is 7.52. The Kier molecular flexibility index (Phi) is 13.0. The third-order valence-corrected chi connectivity index (χ3v) is 19.2. The predicted octanol–water partition coefficient (Wildman–Crippen LogP) is 14.2. The van der Waals surface area contributed by atoms with E-state index in [1.165, 1.54) is 42.8 Å². The Morgan fingerprint density at radius 2 is 1.03 bits per heavy atom. The van der Waals surface area contributed by atoms with Crippen LogP contribution in [-0.4, -0.2) is 17.6 Å². The molecule has 8 aromatic carbocycles. The van der Waals surface area contributed by atoms with Crippen molar-refractivity contribution < 1.29 is 25.8 Å². The van der Waals surface area contributed by atoms with Crippen LogP contribution in [0.25, 0.3) is 27.6 Å². The smallest absolute Gasteiger partial charge is 0.179 e. The van der Waals surface area contributed by atoms with Crippen LogP contribution in [0.15, 0.2) is 200 Å². The average molecular weight is 1150 g/mol. The van der Waals surface area contributed by atoms with Gasteiger partial charge in [0.05, 0.1) is 0 Å². The van der Waals surface area contributed by atoms with Crippen molar-refractivity contribution in [3.05, 3.63) is 236 Å². The van der Waals surface area contributed by atoms with Gasteiger partial charge in [-0.2, -0.15) is 12.1 Å². The van der Waals surface area contributed by atoms with Gasteiger partial charge in [-0.25, -0.2) is 4.98 Å². The summed E-state index contributed by atoms with van der Waals surface area (Å²) in [6.45, 7) is 22.7. The zero-order chi connectivity index (χ0) is 50.0. The molecule has 0 bridgehead atoms. The minimum atomic E-state index is -2.97. The van der Waals surface area contributed by atoms with Crippen molar-refractivity contribution in [2.45, 2.75) is 78.6 Å². The van der Waals surface area contributed by atoms with Crippen LogP contribution in [-0.2, 0) is 37.3 Å². The van der Waals surface area contributed by atoms with Crippen LogP contribution >= 0.6 is 0 Å². The van der Waals surface area contributed by atoms with Gasteiger partial charge in [0.25, 0.3) is 0 Å². The Hall–Kier alpha value is -6.98. The number of benzene rings is 8. The summed E-state index contributed by atoms with van der Waals surface area (Å²) in [6.07, 6.45) is 1.94. The van der Waals surface area contributed by atoms with Gasteiger partial charge in [-0.05, 0) is 102 Å². The molecule has 3 heterocycles. The number of hydrogen-bond acceptors (Lipinski definition) is 4. The van der Waals surface area contributed by atoms with E-state index in [2.05, 4.69) is 277 Å². The molecule has 0 N–H and O–H groups in total. The molecule has 0 unspecified atom stereocenters. The van der Waals surface area contributed by atoms with Gasteiger partial charge < -0.3 is 19.1 Å². The largest absolute Gasteiger partial charge is 0.509 e. The van der Waals surface area contributed by atoms with Crippen molar-refractivity contribution in [1.82, 2.24) is 9.55 Å². The zero-order valence-electron chi connectivity index (χ0n) is 43.1. The third-order valence-electron chi connectivity index (χ3n) is 14.3. The first kappa shape index (κ1) is 49.6. The van der Waals surface area contributed by atoms with E-state index < -0.39 is 8.07 Å². The molecule has 2 aromatic heterocycles. The van der Waals surface area contributed by atoms with Crippen LogP contribution in [0.5, 0.6) is 11.5 Å². The summed E-state index contributed by atoms with van der Waals surface area (Å²) in [7, 11) is -2.97. The number of rotatable bonds is 9. The molecule has 11 rings (SSSR count). The monoisotopic (exact) mass is 1150 g/mol. The maximum absolute atomic E-state index is 6.87. The maximum Gasteiger partial charge on any atom is 0.179 e. The van der Waals surface area contributed by atoms with Crippen LogP contribution in [0.2, 0.25) is 0 Å². The first-order chi connectivity index (χ1) is 34.6. The molecule has 0 radical (unpaired) electrons. The van der Waals surface area contributed by atoms with E-state index in [9.17, 15) is 0 Å². The van der Waals surface area contributed by atoms with E-state index in [4.69, 9.17) is 9.72 Å². The summed E-state index contributed by atoms with van der Waals surface area (Å²) < 4.78 is 9.17. The Bertz CT molecular complexity index is 3480. The molecule has 1 aliphatic rings. The molecule has 368 valence electrons.